The minimum Gasteiger partial charge on any atom is -0.488 e. The third-order valence-electron chi connectivity index (χ3n) is 2.63. The topological polar surface area (TPSA) is 33.0 Å². The molecule has 0 aromatic heterocycles. The quantitative estimate of drug-likeness (QED) is 0.789. The smallest absolute Gasteiger partial charge is 0.133 e. The van der Waals surface area contributed by atoms with Crippen LogP contribution in [0.3, 0.4) is 0 Å². The number of hydrogen-bond acceptors (Lipinski definition) is 3. The van der Waals surface area contributed by atoms with Crippen LogP contribution in [0.4, 0.5) is 4.39 Å². The third kappa shape index (κ3) is 3.27. The van der Waals surface area contributed by atoms with Crippen molar-refractivity contribution in [3.63, 3.8) is 0 Å². The van der Waals surface area contributed by atoms with E-state index in [9.17, 15) is 4.39 Å². The zero-order valence-corrected chi connectivity index (χ0v) is 11.2. The molecule has 0 fully saturated rings. The van der Waals surface area contributed by atoms with E-state index in [1.54, 1.807) is 23.9 Å². The maximum Gasteiger partial charge on any atom is 0.133 e. The van der Waals surface area contributed by atoms with Gasteiger partial charge >= 0.3 is 0 Å². The second-order valence-corrected chi connectivity index (χ2v) is 4.71. The zero-order valence-electron chi connectivity index (χ0n) is 10.4. The SMILES string of the molecule is CSc1ccccc1OCc1ccc(C#N)cc1F. The van der Waals surface area contributed by atoms with Gasteiger partial charge < -0.3 is 4.74 Å². The molecule has 0 saturated heterocycles. The van der Waals surface area contributed by atoms with Crippen molar-refractivity contribution >= 4 is 11.8 Å². The van der Waals surface area contributed by atoms with Crippen LogP contribution < -0.4 is 4.74 Å². The number of halogens is 1. The fraction of sp³-hybridized carbons (Fsp3) is 0.133. The van der Waals surface area contributed by atoms with E-state index in [-0.39, 0.29) is 6.61 Å². The second kappa shape index (κ2) is 6.26. The summed E-state index contributed by atoms with van der Waals surface area (Å²) in [6.45, 7) is 0.148. The number of nitrogens with zero attached hydrogens (tertiary/aromatic N) is 1. The molecule has 0 spiro atoms. The molecular weight excluding hydrogens is 261 g/mol. The normalized spacial score (nSPS) is 9.95. The summed E-state index contributed by atoms with van der Waals surface area (Å²) in [6, 6.07) is 13.9. The highest BCUT2D eigenvalue weighted by atomic mass is 32.2. The van der Waals surface area contributed by atoms with Crippen molar-refractivity contribution in [3.05, 3.63) is 59.4 Å². The molecule has 0 radical (unpaired) electrons. The Labute approximate surface area is 115 Å². The van der Waals surface area contributed by atoms with E-state index in [1.807, 2.05) is 36.6 Å². The van der Waals surface area contributed by atoms with Crippen molar-refractivity contribution in [2.75, 3.05) is 6.26 Å². The Morgan fingerprint density at radius 1 is 1.26 bits per heavy atom. The van der Waals surface area contributed by atoms with Crippen molar-refractivity contribution in [3.8, 4) is 11.8 Å². The molecule has 0 aliphatic heterocycles. The summed E-state index contributed by atoms with van der Waals surface area (Å²) in [5.41, 5.74) is 0.751. The monoisotopic (exact) mass is 273 g/mol. The molecule has 2 aromatic rings. The molecule has 2 nitrogen and oxygen atoms in total. The fourth-order valence-corrected chi connectivity index (χ4v) is 2.17. The molecule has 0 aliphatic carbocycles. The Balaban J connectivity index is 2.13. The Morgan fingerprint density at radius 2 is 2.05 bits per heavy atom. The summed E-state index contributed by atoms with van der Waals surface area (Å²) < 4.78 is 19.3. The number of benzene rings is 2. The van der Waals surface area contributed by atoms with E-state index in [1.165, 1.54) is 6.07 Å². The highest BCUT2D eigenvalue weighted by Crippen LogP contribution is 2.27. The first-order chi connectivity index (χ1) is 9.24. The lowest BCUT2D eigenvalue weighted by Crippen LogP contribution is -1.99. The molecule has 2 rings (SSSR count). The largest absolute Gasteiger partial charge is 0.488 e. The van der Waals surface area contributed by atoms with E-state index in [4.69, 9.17) is 10.00 Å². The van der Waals surface area contributed by atoms with Gasteiger partial charge in [0, 0.05) is 10.5 Å². The standard InChI is InChI=1S/C15H12FNOS/c1-19-15-5-3-2-4-14(15)18-10-12-7-6-11(9-17)8-13(12)16/h2-8H,10H2,1H3. The van der Waals surface area contributed by atoms with Gasteiger partial charge in [0.25, 0.3) is 0 Å². The Bertz CT molecular complexity index is 622. The van der Waals surface area contributed by atoms with Crippen LogP contribution in [0.5, 0.6) is 5.75 Å². The van der Waals surface area contributed by atoms with Crippen LogP contribution >= 0.6 is 11.8 Å². The second-order valence-electron chi connectivity index (χ2n) is 3.86. The molecule has 0 atom stereocenters. The van der Waals surface area contributed by atoms with Crippen LogP contribution in [-0.4, -0.2) is 6.26 Å². The van der Waals surface area contributed by atoms with Crippen molar-refractivity contribution in [2.45, 2.75) is 11.5 Å². The number of para-hydroxylation sites is 1. The first-order valence-electron chi connectivity index (χ1n) is 5.69. The maximum absolute atomic E-state index is 13.7. The summed E-state index contributed by atoms with van der Waals surface area (Å²) >= 11 is 1.58. The lowest BCUT2D eigenvalue weighted by molar-refractivity contribution is 0.293. The van der Waals surface area contributed by atoms with Crippen LogP contribution in [0.1, 0.15) is 11.1 Å². The molecule has 0 heterocycles. The van der Waals surface area contributed by atoms with Crippen molar-refractivity contribution in [2.24, 2.45) is 0 Å². The maximum atomic E-state index is 13.7. The third-order valence-corrected chi connectivity index (χ3v) is 3.41. The lowest BCUT2D eigenvalue weighted by atomic mass is 10.1. The molecule has 0 bridgehead atoms. The van der Waals surface area contributed by atoms with Gasteiger partial charge in [-0.2, -0.15) is 5.26 Å². The van der Waals surface area contributed by atoms with E-state index in [2.05, 4.69) is 0 Å². The van der Waals surface area contributed by atoms with Gasteiger partial charge in [0.15, 0.2) is 0 Å². The van der Waals surface area contributed by atoms with Crippen LogP contribution in [0, 0.1) is 17.1 Å². The predicted octanol–water partition coefficient (Wildman–Crippen LogP) is 4.00. The minimum absolute atomic E-state index is 0.148. The zero-order chi connectivity index (χ0) is 13.7. The number of hydrogen-bond donors (Lipinski definition) is 0. The van der Waals surface area contributed by atoms with E-state index >= 15 is 0 Å². The highest BCUT2D eigenvalue weighted by Gasteiger charge is 2.06. The first-order valence-corrected chi connectivity index (χ1v) is 6.91. The number of ether oxygens (including phenoxy) is 1. The van der Waals surface area contributed by atoms with E-state index in [0.717, 1.165) is 10.6 Å². The van der Waals surface area contributed by atoms with Crippen LogP contribution in [0.2, 0.25) is 0 Å². The van der Waals surface area contributed by atoms with Gasteiger partial charge in [0.05, 0.1) is 11.6 Å². The lowest BCUT2D eigenvalue weighted by Gasteiger charge is -2.10. The van der Waals surface area contributed by atoms with Gasteiger partial charge in [-0.1, -0.05) is 18.2 Å². The molecule has 0 amide bonds. The number of nitriles is 1. The molecule has 0 unspecified atom stereocenters. The van der Waals surface area contributed by atoms with Crippen molar-refractivity contribution in [1.29, 1.82) is 5.26 Å². The van der Waals surface area contributed by atoms with Crippen LogP contribution in [0.25, 0.3) is 0 Å². The Hall–Kier alpha value is -1.99. The molecule has 4 heteroatoms. The number of thioether (sulfide) groups is 1. The van der Waals surface area contributed by atoms with Crippen molar-refractivity contribution < 1.29 is 9.13 Å². The van der Waals surface area contributed by atoms with Gasteiger partial charge in [-0.25, -0.2) is 4.39 Å². The summed E-state index contributed by atoms with van der Waals surface area (Å²) in [5.74, 6) is 0.319. The number of rotatable bonds is 4. The fourth-order valence-electron chi connectivity index (χ4n) is 1.63. The Morgan fingerprint density at radius 3 is 2.74 bits per heavy atom. The van der Waals surface area contributed by atoms with E-state index in [0.29, 0.717) is 11.1 Å². The van der Waals surface area contributed by atoms with Crippen molar-refractivity contribution in [1.82, 2.24) is 0 Å². The van der Waals surface area contributed by atoms with E-state index < -0.39 is 5.82 Å². The molecule has 96 valence electrons. The summed E-state index contributed by atoms with van der Waals surface area (Å²) in [5, 5.41) is 8.68. The molecule has 0 saturated carbocycles. The first kappa shape index (κ1) is 13.4. The molecule has 19 heavy (non-hydrogen) atoms. The molecular formula is C15H12FNOS. The average molecular weight is 273 g/mol. The summed E-state index contributed by atoms with van der Waals surface area (Å²) in [7, 11) is 0. The molecule has 0 N–H and O–H groups in total. The van der Waals surface area contributed by atoms with Gasteiger partial charge in [-0.05, 0) is 30.5 Å². The Kier molecular flexibility index (Phi) is 4.43. The van der Waals surface area contributed by atoms with Gasteiger partial charge in [0.2, 0.25) is 0 Å². The van der Waals surface area contributed by atoms with Crippen LogP contribution in [0.15, 0.2) is 47.4 Å². The van der Waals surface area contributed by atoms with Gasteiger partial charge in [-0.3, -0.25) is 0 Å². The van der Waals surface area contributed by atoms with Gasteiger partial charge in [0.1, 0.15) is 18.2 Å². The predicted molar refractivity (Wildman–Crippen MR) is 73.7 cm³/mol. The molecule has 2 aromatic carbocycles. The molecule has 0 aliphatic rings. The van der Waals surface area contributed by atoms with Gasteiger partial charge in [-0.15, -0.1) is 11.8 Å². The summed E-state index contributed by atoms with van der Waals surface area (Å²) in [4.78, 5) is 1.01. The summed E-state index contributed by atoms with van der Waals surface area (Å²) in [6.07, 6.45) is 1.96. The average Bonchev–Trinajstić information content (AvgIpc) is 2.46. The highest BCUT2D eigenvalue weighted by molar-refractivity contribution is 7.98. The van der Waals surface area contributed by atoms with Crippen LogP contribution in [-0.2, 0) is 6.61 Å². The minimum atomic E-state index is -0.416.